The maximum Gasteiger partial charge on any atom is 0.257 e. The number of morpholine rings is 2. The number of carbonyl (C=O) groups is 2. The van der Waals surface area contributed by atoms with Gasteiger partial charge in [0, 0.05) is 37.8 Å². The molecular formula is C24H27N5O4. The fourth-order valence-corrected chi connectivity index (χ4v) is 4.37. The second-order valence-electron chi connectivity index (χ2n) is 8.39. The Bertz CT molecular complexity index is 1200. The Morgan fingerprint density at radius 1 is 1.00 bits per heavy atom. The molecule has 2 aromatic heterocycles. The van der Waals surface area contributed by atoms with Crippen LogP contribution in [0.5, 0.6) is 0 Å². The van der Waals surface area contributed by atoms with Crippen molar-refractivity contribution in [3.63, 3.8) is 0 Å². The van der Waals surface area contributed by atoms with Gasteiger partial charge in [-0.1, -0.05) is 18.2 Å². The number of hydrogen-bond donors (Lipinski definition) is 0. The standard InChI is InChI=1S/C24H27N5O4/c1-16-19(14-25-27(16)2)24(31)29-9-12-33-22(15-29)21-13-18(17-5-3-4-6-20(17)26-21)23(30)28-7-10-32-11-8-28/h3-6,13-14,22H,7-12,15H2,1-2H3/t22-/m1/s1. The molecule has 2 aliphatic heterocycles. The third-order valence-electron chi connectivity index (χ3n) is 6.41. The van der Waals surface area contributed by atoms with Crippen molar-refractivity contribution >= 4 is 22.7 Å². The van der Waals surface area contributed by atoms with Crippen molar-refractivity contribution in [2.24, 2.45) is 7.05 Å². The topological polar surface area (TPSA) is 89.8 Å². The second-order valence-corrected chi connectivity index (χ2v) is 8.39. The van der Waals surface area contributed by atoms with Gasteiger partial charge in [-0.2, -0.15) is 5.10 Å². The molecular weight excluding hydrogens is 422 g/mol. The van der Waals surface area contributed by atoms with Crippen molar-refractivity contribution < 1.29 is 19.1 Å². The molecule has 2 fully saturated rings. The van der Waals surface area contributed by atoms with Crippen LogP contribution in [-0.2, 0) is 16.5 Å². The number of fused-ring (bicyclic) bond motifs is 1. The van der Waals surface area contributed by atoms with Crippen LogP contribution in [0.2, 0.25) is 0 Å². The fourth-order valence-electron chi connectivity index (χ4n) is 4.37. The maximum atomic E-state index is 13.4. The molecule has 0 N–H and O–H groups in total. The van der Waals surface area contributed by atoms with Crippen LogP contribution in [0.1, 0.15) is 38.2 Å². The zero-order chi connectivity index (χ0) is 22.9. The number of nitrogens with zero attached hydrogens (tertiary/aromatic N) is 5. The Morgan fingerprint density at radius 2 is 1.73 bits per heavy atom. The van der Waals surface area contributed by atoms with Crippen LogP contribution >= 0.6 is 0 Å². The van der Waals surface area contributed by atoms with Crippen LogP contribution in [0.3, 0.4) is 0 Å². The average Bonchev–Trinajstić information content (AvgIpc) is 3.21. The number of amides is 2. The molecule has 33 heavy (non-hydrogen) atoms. The Kier molecular flexibility index (Phi) is 5.82. The predicted octanol–water partition coefficient (Wildman–Crippen LogP) is 1.96. The van der Waals surface area contributed by atoms with Crippen molar-refractivity contribution in [1.29, 1.82) is 0 Å². The zero-order valence-electron chi connectivity index (χ0n) is 18.9. The van der Waals surface area contributed by atoms with Crippen LogP contribution in [0.25, 0.3) is 10.9 Å². The van der Waals surface area contributed by atoms with Crippen LogP contribution in [0, 0.1) is 6.92 Å². The monoisotopic (exact) mass is 449 g/mol. The molecule has 1 atom stereocenters. The first kappa shape index (κ1) is 21.5. The lowest BCUT2D eigenvalue weighted by atomic mass is 10.0. The molecule has 1 aromatic carbocycles. The number of ether oxygens (including phenoxy) is 2. The SMILES string of the molecule is Cc1c(C(=O)N2CCO[C@@H](c3cc(C(=O)N4CCOCC4)c4ccccc4n3)C2)cnn1C. The van der Waals surface area contributed by atoms with Gasteiger partial charge in [0.25, 0.3) is 11.8 Å². The zero-order valence-corrected chi connectivity index (χ0v) is 18.9. The van der Waals surface area contributed by atoms with Crippen LogP contribution in [0.15, 0.2) is 36.5 Å². The van der Waals surface area contributed by atoms with Gasteiger partial charge in [0.2, 0.25) is 0 Å². The van der Waals surface area contributed by atoms with Gasteiger partial charge in [0.1, 0.15) is 6.10 Å². The Labute approximate surface area is 191 Å². The summed E-state index contributed by atoms with van der Waals surface area (Å²) >= 11 is 0. The number of carbonyl (C=O) groups excluding carboxylic acids is 2. The lowest BCUT2D eigenvalue weighted by Gasteiger charge is -2.33. The third-order valence-corrected chi connectivity index (χ3v) is 6.41. The molecule has 0 spiro atoms. The van der Waals surface area contributed by atoms with Gasteiger partial charge in [-0.25, -0.2) is 4.98 Å². The van der Waals surface area contributed by atoms with Gasteiger partial charge >= 0.3 is 0 Å². The number of hydrogen-bond acceptors (Lipinski definition) is 6. The highest BCUT2D eigenvalue weighted by Gasteiger charge is 2.30. The van der Waals surface area contributed by atoms with E-state index in [1.165, 1.54) is 0 Å². The summed E-state index contributed by atoms with van der Waals surface area (Å²) < 4.78 is 13.1. The normalized spacial score (nSPS) is 19.2. The van der Waals surface area contributed by atoms with Crippen LogP contribution in [0.4, 0.5) is 0 Å². The van der Waals surface area contributed by atoms with E-state index in [1.54, 1.807) is 15.8 Å². The molecule has 0 bridgehead atoms. The molecule has 2 amide bonds. The first-order valence-corrected chi connectivity index (χ1v) is 11.2. The maximum absolute atomic E-state index is 13.4. The first-order valence-electron chi connectivity index (χ1n) is 11.2. The van der Waals surface area contributed by atoms with Gasteiger partial charge < -0.3 is 19.3 Å². The minimum absolute atomic E-state index is 0.0344. The number of rotatable bonds is 3. The quantitative estimate of drug-likeness (QED) is 0.607. The van der Waals surface area contributed by atoms with Crippen molar-refractivity contribution in [3.8, 4) is 0 Å². The predicted molar refractivity (Wildman–Crippen MR) is 121 cm³/mol. The van der Waals surface area contributed by atoms with E-state index < -0.39 is 6.10 Å². The number of aryl methyl sites for hydroxylation is 1. The Morgan fingerprint density at radius 3 is 2.48 bits per heavy atom. The molecule has 2 aliphatic rings. The number of para-hydroxylation sites is 1. The highest BCUT2D eigenvalue weighted by molar-refractivity contribution is 6.06. The van der Waals surface area contributed by atoms with Crippen LogP contribution in [-0.4, -0.2) is 82.4 Å². The fraction of sp³-hybridized carbons (Fsp3) is 0.417. The number of pyridine rings is 1. The second kappa shape index (κ2) is 8.92. The van der Waals surface area contributed by atoms with E-state index in [4.69, 9.17) is 14.5 Å². The molecule has 4 heterocycles. The van der Waals surface area contributed by atoms with Crippen molar-refractivity contribution in [1.82, 2.24) is 24.6 Å². The van der Waals surface area contributed by atoms with Gasteiger partial charge in [-0.15, -0.1) is 0 Å². The summed E-state index contributed by atoms with van der Waals surface area (Å²) in [6.07, 6.45) is 1.19. The van der Waals surface area contributed by atoms with Crippen LogP contribution < -0.4 is 0 Å². The van der Waals surface area contributed by atoms with E-state index in [2.05, 4.69) is 5.10 Å². The van der Waals surface area contributed by atoms with Gasteiger partial charge in [0.15, 0.2) is 0 Å². The van der Waals surface area contributed by atoms with Crippen molar-refractivity contribution in [2.75, 3.05) is 46.0 Å². The van der Waals surface area contributed by atoms with Gasteiger partial charge in [-0.3, -0.25) is 14.3 Å². The third kappa shape index (κ3) is 4.09. The average molecular weight is 450 g/mol. The molecule has 172 valence electrons. The highest BCUT2D eigenvalue weighted by atomic mass is 16.5. The number of benzene rings is 1. The summed E-state index contributed by atoms with van der Waals surface area (Å²) in [7, 11) is 1.82. The summed E-state index contributed by atoms with van der Waals surface area (Å²) in [4.78, 5) is 34.9. The van der Waals surface area contributed by atoms with E-state index in [0.29, 0.717) is 62.8 Å². The summed E-state index contributed by atoms with van der Waals surface area (Å²) in [6, 6.07) is 9.47. The molecule has 9 heteroatoms. The molecule has 0 saturated carbocycles. The Hall–Kier alpha value is -3.30. The molecule has 0 aliphatic carbocycles. The summed E-state index contributed by atoms with van der Waals surface area (Å²) in [5, 5.41) is 5.01. The highest BCUT2D eigenvalue weighted by Crippen LogP contribution is 2.28. The molecule has 9 nitrogen and oxygen atoms in total. The lowest BCUT2D eigenvalue weighted by Crippen LogP contribution is -2.43. The largest absolute Gasteiger partial charge is 0.378 e. The van der Waals surface area contributed by atoms with Gasteiger partial charge in [-0.05, 0) is 19.1 Å². The minimum atomic E-state index is -0.416. The van der Waals surface area contributed by atoms with Crippen molar-refractivity contribution in [3.05, 3.63) is 59.0 Å². The molecule has 0 unspecified atom stereocenters. The van der Waals surface area contributed by atoms with Crippen molar-refractivity contribution in [2.45, 2.75) is 13.0 Å². The molecule has 0 radical (unpaired) electrons. The van der Waals surface area contributed by atoms with E-state index >= 15 is 0 Å². The molecule has 3 aromatic rings. The number of aromatic nitrogens is 3. The molecule has 5 rings (SSSR count). The summed E-state index contributed by atoms with van der Waals surface area (Å²) in [5.41, 5.74) is 3.42. The minimum Gasteiger partial charge on any atom is -0.378 e. The van der Waals surface area contributed by atoms with Gasteiger partial charge in [0.05, 0.1) is 54.9 Å². The smallest absolute Gasteiger partial charge is 0.257 e. The Balaban J connectivity index is 1.46. The van der Waals surface area contributed by atoms with E-state index in [0.717, 1.165) is 16.6 Å². The lowest BCUT2D eigenvalue weighted by molar-refractivity contribution is -0.0246. The summed E-state index contributed by atoms with van der Waals surface area (Å²) in [6.45, 7) is 5.36. The van der Waals surface area contributed by atoms with E-state index in [-0.39, 0.29) is 11.8 Å². The van der Waals surface area contributed by atoms with E-state index in [9.17, 15) is 9.59 Å². The molecule has 2 saturated heterocycles. The summed E-state index contributed by atoms with van der Waals surface area (Å²) in [5.74, 6) is -0.104. The first-order chi connectivity index (χ1) is 16.0. The van der Waals surface area contributed by atoms with E-state index in [1.807, 2.05) is 49.2 Å².